The van der Waals surface area contributed by atoms with Crippen molar-refractivity contribution < 1.29 is 14.0 Å². The summed E-state index contributed by atoms with van der Waals surface area (Å²) in [6.45, 7) is 3.66. The van der Waals surface area contributed by atoms with Crippen molar-refractivity contribution in [2.45, 2.75) is 12.8 Å². The Bertz CT molecular complexity index is 834. The average molecular weight is 371 g/mol. The Balaban J connectivity index is 1.66. The molecule has 0 radical (unpaired) electrons. The third kappa shape index (κ3) is 3.32. The summed E-state index contributed by atoms with van der Waals surface area (Å²) in [6.07, 6.45) is 4.97. The van der Waals surface area contributed by atoms with Crippen LogP contribution in [0, 0.1) is 5.82 Å². The molecule has 0 saturated carbocycles. The first kappa shape index (κ1) is 17.1. The molecule has 4 rings (SSSR count). The van der Waals surface area contributed by atoms with Crippen LogP contribution in [0.15, 0.2) is 36.4 Å². The van der Waals surface area contributed by atoms with Gasteiger partial charge in [0.1, 0.15) is 16.4 Å². The van der Waals surface area contributed by atoms with Gasteiger partial charge in [-0.25, -0.2) is 9.37 Å². The van der Waals surface area contributed by atoms with E-state index in [1.54, 1.807) is 12.1 Å². The second-order valence-corrected chi connectivity index (χ2v) is 7.39. The monoisotopic (exact) mass is 371 g/mol. The molecule has 26 heavy (non-hydrogen) atoms. The van der Waals surface area contributed by atoms with Crippen LogP contribution < -0.4 is 4.90 Å². The molecule has 0 spiro atoms. The second-order valence-electron chi connectivity index (χ2n) is 6.41. The summed E-state index contributed by atoms with van der Waals surface area (Å²) in [6, 6.07) is 6.20. The number of likely N-dealkylation sites (tertiary alicyclic amines) is 1. The molecule has 1 fully saturated rings. The van der Waals surface area contributed by atoms with Gasteiger partial charge in [0, 0.05) is 18.8 Å². The van der Waals surface area contributed by atoms with Crippen molar-refractivity contribution in [3.63, 3.8) is 0 Å². The molecule has 1 aromatic heterocycles. The van der Waals surface area contributed by atoms with E-state index in [2.05, 4.69) is 9.88 Å². The number of allylic oxidation sites excluding steroid dienone is 2. The van der Waals surface area contributed by atoms with E-state index in [0.717, 1.165) is 25.3 Å². The molecule has 1 saturated heterocycles. The molecule has 2 aliphatic rings. The van der Waals surface area contributed by atoms with Crippen LogP contribution in [0.2, 0.25) is 0 Å². The highest BCUT2D eigenvalue weighted by Gasteiger charge is 2.27. The molecule has 2 heterocycles. The molecular formula is C19H18FN3O2S. The predicted molar refractivity (Wildman–Crippen MR) is 99.0 cm³/mol. The van der Waals surface area contributed by atoms with Crippen LogP contribution in [-0.4, -0.2) is 47.6 Å². The van der Waals surface area contributed by atoms with Gasteiger partial charge in [-0.3, -0.25) is 9.59 Å². The zero-order valence-electron chi connectivity index (χ0n) is 14.2. The van der Waals surface area contributed by atoms with E-state index in [1.807, 2.05) is 4.90 Å². The molecule has 7 heteroatoms. The number of anilines is 2. The van der Waals surface area contributed by atoms with E-state index < -0.39 is 0 Å². The fourth-order valence-electron chi connectivity index (χ4n) is 3.27. The molecule has 2 aromatic rings. The Morgan fingerprint density at radius 1 is 1.08 bits per heavy atom. The first-order chi connectivity index (χ1) is 12.6. The number of fused-ring (bicyclic) bond motifs is 1. The summed E-state index contributed by atoms with van der Waals surface area (Å²) in [4.78, 5) is 33.3. The zero-order valence-corrected chi connectivity index (χ0v) is 15.0. The molecule has 0 unspecified atom stereocenters. The third-order valence-corrected chi connectivity index (χ3v) is 5.76. The molecule has 0 N–H and O–H groups in total. The number of hydrogen-bond donors (Lipinski definition) is 0. The van der Waals surface area contributed by atoms with Crippen LogP contribution in [-0.2, 0) is 0 Å². The van der Waals surface area contributed by atoms with Gasteiger partial charge in [0.25, 0.3) is 0 Å². The lowest BCUT2D eigenvalue weighted by atomic mass is 10.1. The summed E-state index contributed by atoms with van der Waals surface area (Å²) in [7, 11) is 0. The van der Waals surface area contributed by atoms with Gasteiger partial charge in [0.15, 0.2) is 10.9 Å². The zero-order chi connectivity index (χ0) is 18.1. The first-order valence-corrected chi connectivity index (χ1v) is 9.46. The Kier molecular flexibility index (Phi) is 4.65. The number of hydrogen-bond acceptors (Lipinski definition) is 6. The predicted octanol–water partition coefficient (Wildman–Crippen LogP) is 3.45. The van der Waals surface area contributed by atoms with Crippen LogP contribution >= 0.6 is 11.3 Å². The quantitative estimate of drug-likeness (QED) is 0.806. The smallest absolute Gasteiger partial charge is 0.206 e. The highest BCUT2D eigenvalue weighted by Crippen LogP contribution is 2.34. The lowest BCUT2D eigenvalue weighted by molar-refractivity contribution is 0.0994. The SMILES string of the molecule is O=C1C=CC(=O)c2sc(N(CCN3CCCC3)c3ccc(F)cc3)nc21. The highest BCUT2D eigenvalue weighted by atomic mass is 32.1. The van der Waals surface area contributed by atoms with Crippen LogP contribution in [0.5, 0.6) is 0 Å². The molecule has 1 aliphatic heterocycles. The number of nitrogens with zero attached hydrogens (tertiary/aromatic N) is 3. The van der Waals surface area contributed by atoms with Crippen molar-refractivity contribution in [3.05, 3.63) is 52.8 Å². The number of ketones is 2. The Hall–Kier alpha value is -2.38. The maximum Gasteiger partial charge on any atom is 0.206 e. The molecule has 134 valence electrons. The summed E-state index contributed by atoms with van der Waals surface area (Å²) in [5, 5.41) is 0.589. The van der Waals surface area contributed by atoms with Gasteiger partial charge in [0.2, 0.25) is 5.78 Å². The van der Waals surface area contributed by atoms with Crippen molar-refractivity contribution in [2.24, 2.45) is 0 Å². The maximum absolute atomic E-state index is 13.3. The Morgan fingerprint density at radius 2 is 1.77 bits per heavy atom. The topological polar surface area (TPSA) is 53.5 Å². The number of thiazole rings is 1. The maximum atomic E-state index is 13.3. The number of carbonyl (C=O) groups is 2. The van der Waals surface area contributed by atoms with Crippen LogP contribution in [0.1, 0.15) is 33.0 Å². The number of aromatic nitrogens is 1. The Morgan fingerprint density at radius 3 is 2.46 bits per heavy atom. The van der Waals surface area contributed by atoms with E-state index in [1.165, 1.54) is 48.5 Å². The van der Waals surface area contributed by atoms with E-state index in [-0.39, 0.29) is 23.1 Å². The first-order valence-electron chi connectivity index (χ1n) is 8.65. The van der Waals surface area contributed by atoms with Crippen molar-refractivity contribution in [1.29, 1.82) is 0 Å². The fraction of sp³-hybridized carbons (Fsp3) is 0.316. The van der Waals surface area contributed by atoms with Gasteiger partial charge >= 0.3 is 0 Å². The standard InChI is InChI=1S/C19H18FN3O2S/c20-13-3-5-14(6-4-13)23(12-11-22-9-1-2-10-22)19-21-17-15(24)7-8-16(25)18(17)26-19/h3-8H,1-2,9-12H2. The van der Waals surface area contributed by atoms with E-state index in [9.17, 15) is 14.0 Å². The number of carbonyl (C=O) groups excluding carboxylic acids is 2. The summed E-state index contributed by atoms with van der Waals surface area (Å²) < 4.78 is 13.3. The molecule has 1 aliphatic carbocycles. The van der Waals surface area contributed by atoms with Gasteiger partial charge in [-0.2, -0.15) is 0 Å². The molecule has 0 atom stereocenters. The lowest BCUT2D eigenvalue weighted by Gasteiger charge is -2.25. The Labute approximate surface area is 154 Å². The fourth-order valence-corrected chi connectivity index (χ4v) is 4.31. The molecular weight excluding hydrogens is 353 g/mol. The molecule has 1 aromatic carbocycles. The van der Waals surface area contributed by atoms with Gasteiger partial charge in [-0.15, -0.1) is 0 Å². The van der Waals surface area contributed by atoms with Gasteiger partial charge in [-0.05, 0) is 62.3 Å². The minimum Gasteiger partial charge on any atom is -0.317 e. The van der Waals surface area contributed by atoms with Crippen LogP contribution in [0.4, 0.5) is 15.2 Å². The normalized spacial score (nSPS) is 17.0. The van der Waals surface area contributed by atoms with Crippen LogP contribution in [0.25, 0.3) is 0 Å². The third-order valence-electron chi connectivity index (χ3n) is 4.67. The minimum absolute atomic E-state index is 0.193. The molecule has 0 bridgehead atoms. The van der Waals surface area contributed by atoms with Crippen LogP contribution in [0.3, 0.4) is 0 Å². The van der Waals surface area contributed by atoms with Crippen molar-refractivity contribution in [1.82, 2.24) is 9.88 Å². The summed E-state index contributed by atoms with van der Waals surface area (Å²) >= 11 is 1.22. The summed E-state index contributed by atoms with van der Waals surface area (Å²) in [5.74, 6) is -0.746. The number of rotatable bonds is 5. The van der Waals surface area contributed by atoms with Crippen molar-refractivity contribution in [3.8, 4) is 0 Å². The van der Waals surface area contributed by atoms with E-state index >= 15 is 0 Å². The van der Waals surface area contributed by atoms with Crippen molar-refractivity contribution >= 4 is 33.7 Å². The van der Waals surface area contributed by atoms with E-state index in [0.29, 0.717) is 16.6 Å². The van der Waals surface area contributed by atoms with Gasteiger partial charge in [-0.1, -0.05) is 11.3 Å². The van der Waals surface area contributed by atoms with Gasteiger partial charge in [0.05, 0.1) is 0 Å². The van der Waals surface area contributed by atoms with E-state index in [4.69, 9.17) is 0 Å². The van der Waals surface area contributed by atoms with Gasteiger partial charge < -0.3 is 9.80 Å². The second kappa shape index (κ2) is 7.09. The highest BCUT2D eigenvalue weighted by molar-refractivity contribution is 7.18. The average Bonchev–Trinajstić information content (AvgIpc) is 3.30. The lowest BCUT2D eigenvalue weighted by Crippen LogP contribution is -2.31. The minimum atomic E-state index is -0.304. The number of benzene rings is 1. The number of halogens is 1. The molecule has 5 nitrogen and oxygen atoms in total. The van der Waals surface area contributed by atoms with Crippen molar-refractivity contribution in [2.75, 3.05) is 31.1 Å². The summed E-state index contributed by atoms with van der Waals surface area (Å²) in [5.41, 5.74) is 1.01. The largest absolute Gasteiger partial charge is 0.317 e. The molecule has 0 amide bonds.